The molecule has 2 aromatic carbocycles. The number of halogens is 1. The number of benzene rings is 2. The summed E-state index contributed by atoms with van der Waals surface area (Å²) in [6.07, 6.45) is 3.17. The molecule has 1 saturated heterocycles. The Morgan fingerprint density at radius 3 is 2.54 bits per heavy atom. The third kappa shape index (κ3) is 3.97. The van der Waals surface area contributed by atoms with Gasteiger partial charge in [-0.25, -0.2) is 0 Å². The number of hydrogen-bond acceptors (Lipinski definition) is 2. The molecule has 0 spiro atoms. The molecule has 4 nitrogen and oxygen atoms in total. The predicted octanol–water partition coefficient (Wildman–Crippen LogP) is 4.30. The maximum absolute atomic E-state index is 12.9. The van der Waals surface area contributed by atoms with Crippen LogP contribution < -0.4 is 4.90 Å². The number of amides is 2. The zero-order valence-corrected chi connectivity index (χ0v) is 15.3. The van der Waals surface area contributed by atoms with E-state index in [-0.39, 0.29) is 11.8 Å². The van der Waals surface area contributed by atoms with E-state index in [1.807, 2.05) is 36.4 Å². The van der Waals surface area contributed by atoms with Crippen molar-refractivity contribution in [2.45, 2.75) is 19.4 Å². The zero-order chi connectivity index (χ0) is 18.5. The Morgan fingerprint density at radius 2 is 1.92 bits per heavy atom. The van der Waals surface area contributed by atoms with E-state index in [0.29, 0.717) is 30.1 Å². The molecule has 0 saturated carbocycles. The van der Waals surface area contributed by atoms with E-state index in [4.69, 9.17) is 11.6 Å². The lowest BCUT2D eigenvalue weighted by Gasteiger charge is -2.22. The van der Waals surface area contributed by atoms with Gasteiger partial charge in [-0.3, -0.25) is 9.59 Å². The van der Waals surface area contributed by atoms with E-state index in [0.717, 1.165) is 24.2 Å². The Morgan fingerprint density at radius 1 is 1.19 bits per heavy atom. The van der Waals surface area contributed by atoms with E-state index >= 15 is 0 Å². The molecule has 1 fully saturated rings. The number of anilines is 1. The Bertz CT molecular complexity index is 817. The van der Waals surface area contributed by atoms with Crippen LogP contribution >= 0.6 is 11.6 Å². The van der Waals surface area contributed by atoms with E-state index in [2.05, 4.69) is 6.58 Å². The average molecular weight is 369 g/mol. The first-order chi connectivity index (χ1) is 12.6. The van der Waals surface area contributed by atoms with Crippen molar-refractivity contribution in [3.05, 3.63) is 77.3 Å². The number of hydrogen-bond donors (Lipinski definition) is 0. The number of carbonyl (C=O) groups excluding carboxylic acids is 2. The molecule has 2 amide bonds. The van der Waals surface area contributed by atoms with Crippen LogP contribution in [0.4, 0.5) is 5.69 Å². The molecule has 0 aliphatic carbocycles. The van der Waals surface area contributed by atoms with Crippen molar-refractivity contribution in [3.63, 3.8) is 0 Å². The van der Waals surface area contributed by atoms with Crippen LogP contribution in [-0.2, 0) is 11.3 Å². The Labute approximate surface area is 158 Å². The SMILES string of the molecule is C=CCN(Cc1ccccc1Cl)C(=O)c1ccc(N2CCCC2=O)cc1. The molecule has 3 rings (SSSR count). The largest absolute Gasteiger partial charge is 0.331 e. The summed E-state index contributed by atoms with van der Waals surface area (Å²) in [5, 5.41) is 0.636. The van der Waals surface area contributed by atoms with Crippen molar-refractivity contribution in [2.24, 2.45) is 0 Å². The molecule has 0 radical (unpaired) electrons. The minimum atomic E-state index is -0.0934. The summed E-state index contributed by atoms with van der Waals surface area (Å²) in [7, 11) is 0. The molecule has 0 bridgehead atoms. The normalized spacial score (nSPS) is 13.7. The monoisotopic (exact) mass is 368 g/mol. The summed E-state index contributed by atoms with van der Waals surface area (Å²) in [4.78, 5) is 28.2. The molecule has 26 heavy (non-hydrogen) atoms. The molecule has 134 valence electrons. The van der Waals surface area contributed by atoms with Gasteiger partial charge in [0.2, 0.25) is 5.91 Å². The quantitative estimate of drug-likeness (QED) is 0.713. The second-order valence-electron chi connectivity index (χ2n) is 6.26. The second kappa shape index (κ2) is 8.19. The predicted molar refractivity (Wildman–Crippen MR) is 104 cm³/mol. The topological polar surface area (TPSA) is 40.6 Å². The van der Waals surface area contributed by atoms with Gasteiger partial charge in [-0.15, -0.1) is 6.58 Å². The van der Waals surface area contributed by atoms with Crippen molar-refractivity contribution < 1.29 is 9.59 Å². The van der Waals surface area contributed by atoms with Crippen LogP contribution in [0, 0.1) is 0 Å². The van der Waals surface area contributed by atoms with E-state index in [1.54, 1.807) is 28.0 Å². The molecule has 2 aromatic rings. The van der Waals surface area contributed by atoms with Crippen molar-refractivity contribution in [1.29, 1.82) is 0 Å². The Hall–Kier alpha value is -2.59. The van der Waals surface area contributed by atoms with Crippen LogP contribution in [0.25, 0.3) is 0 Å². The third-order valence-electron chi connectivity index (χ3n) is 4.46. The molecular weight excluding hydrogens is 348 g/mol. The zero-order valence-electron chi connectivity index (χ0n) is 14.5. The molecule has 0 aromatic heterocycles. The van der Waals surface area contributed by atoms with Crippen LogP contribution in [0.5, 0.6) is 0 Å². The summed E-state index contributed by atoms with van der Waals surface area (Å²) in [5.41, 5.74) is 2.31. The van der Waals surface area contributed by atoms with Gasteiger partial charge in [-0.1, -0.05) is 35.9 Å². The number of nitrogens with zero attached hydrogens (tertiary/aromatic N) is 2. The lowest BCUT2D eigenvalue weighted by molar-refractivity contribution is -0.117. The van der Waals surface area contributed by atoms with Gasteiger partial charge >= 0.3 is 0 Å². The number of rotatable bonds is 6. The fourth-order valence-electron chi connectivity index (χ4n) is 3.10. The summed E-state index contributed by atoms with van der Waals surface area (Å²) in [5.74, 6) is 0.0419. The summed E-state index contributed by atoms with van der Waals surface area (Å²) in [6.45, 7) is 5.32. The lowest BCUT2D eigenvalue weighted by atomic mass is 10.1. The first kappa shape index (κ1) is 18.2. The van der Waals surface area contributed by atoms with Gasteiger partial charge in [0.15, 0.2) is 0 Å². The van der Waals surface area contributed by atoms with Crippen LogP contribution in [0.1, 0.15) is 28.8 Å². The molecule has 1 aliphatic heterocycles. The van der Waals surface area contributed by atoms with Gasteiger partial charge in [0.1, 0.15) is 0 Å². The van der Waals surface area contributed by atoms with Gasteiger partial charge < -0.3 is 9.80 Å². The Balaban J connectivity index is 1.77. The highest BCUT2D eigenvalue weighted by Gasteiger charge is 2.22. The smallest absolute Gasteiger partial charge is 0.254 e. The summed E-state index contributed by atoms with van der Waals surface area (Å²) < 4.78 is 0. The molecule has 0 atom stereocenters. The minimum absolute atomic E-state index is 0.0934. The highest BCUT2D eigenvalue weighted by molar-refractivity contribution is 6.31. The number of carbonyl (C=O) groups is 2. The fraction of sp³-hybridized carbons (Fsp3) is 0.238. The van der Waals surface area contributed by atoms with E-state index in [9.17, 15) is 9.59 Å². The maximum Gasteiger partial charge on any atom is 0.254 e. The lowest BCUT2D eigenvalue weighted by Crippen LogP contribution is -2.31. The molecule has 1 aliphatic rings. The Kier molecular flexibility index (Phi) is 5.74. The molecular formula is C21H21ClN2O2. The van der Waals surface area contributed by atoms with Crippen molar-refractivity contribution in [1.82, 2.24) is 4.90 Å². The van der Waals surface area contributed by atoms with Crippen LogP contribution in [0.15, 0.2) is 61.2 Å². The first-order valence-electron chi connectivity index (χ1n) is 8.64. The van der Waals surface area contributed by atoms with Crippen molar-refractivity contribution in [3.8, 4) is 0 Å². The van der Waals surface area contributed by atoms with E-state index < -0.39 is 0 Å². The molecule has 0 unspecified atom stereocenters. The van der Waals surface area contributed by atoms with Gasteiger partial charge in [0, 0.05) is 42.3 Å². The van der Waals surface area contributed by atoms with Gasteiger partial charge in [0.25, 0.3) is 5.91 Å². The second-order valence-corrected chi connectivity index (χ2v) is 6.67. The standard InChI is InChI=1S/C21H21ClN2O2/c1-2-13-23(15-17-6-3-4-7-19(17)22)21(26)16-9-11-18(12-10-16)24-14-5-8-20(24)25/h2-4,6-7,9-12H,1,5,8,13-15H2. The van der Waals surface area contributed by atoms with Crippen molar-refractivity contribution >= 4 is 29.1 Å². The highest BCUT2D eigenvalue weighted by Crippen LogP contribution is 2.23. The maximum atomic E-state index is 12.9. The first-order valence-corrected chi connectivity index (χ1v) is 9.02. The van der Waals surface area contributed by atoms with Gasteiger partial charge in [-0.2, -0.15) is 0 Å². The van der Waals surface area contributed by atoms with Crippen LogP contribution in [0.3, 0.4) is 0 Å². The van der Waals surface area contributed by atoms with Gasteiger partial charge in [0.05, 0.1) is 0 Å². The summed E-state index contributed by atoms with van der Waals surface area (Å²) >= 11 is 6.23. The van der Waals surface area contributed by atoms with Crippen LogP contribution in [-0.4, -0.2) is 29.8 Å². The summed E-state index contributed by atoms with van der Waals surface area (Å²) in [6, 6.07) is 14.7. The molecule has 1 heterocycles. The minimum Gasteiger partial charge on any atom is -0.331 e. The van der Waals surface area contributed by atoms with E-state index in [1.165, 1.54) is 0 Å². The third-order valence-corrected chi connectivity index (χ3v) is 4.82. The van der Waals surface area contributed by atoms with Crippen LogP contribution in [0.2, 0.25) is 5.02 Å². The average Bonchev–Trinajstić information content (AvgIpc) is 3.08. The van der Waals surface area contributed by atoms with Crippen molar-refractivity contribution in [2.75, 3.05) is 18.0 Å². The molecule has 5 heteroatoms. The highest BCUT2D eigenvalue weighted by atomic mass is 35.5. The van der Waals surface area contributed by atoms with Gasteiger partial charge in [-0.05, 0) is 42.3 Å². The molecule has 0 N–H and O–H groups in total. The fourth-order valence-corrected chi connectivity index (χ4v) is 3.29.